The molecule has 0 saturated carbocycles. The first kappa shape index (κ1) is 12.3. The van der Waals surface area contributed by atoms with E-state index in [0.717, 1.165) is 19.5 Å². The van der Waals surface area contributed by atoms with Crippen LogP contribution >= 0.6 is 0 Å². The van der Waals surface area contributed by atoms with Crippen molar-refractivity contribution in [2.24, 2.45) is 0 Å². The van der Waals surface area contributed by atoms with Crippen molar-refractivity contribution in [1.29, 1.82) is 0 Å². The summed E-state index contributed by atoms with van der Waals surface area (Å²) < 4.78 is 23.0. The maximum atomic E-state index is 11.5. The minimum absolute atomic E-state index is 0.0961. The van der Waals surface area contributed by atoms with Gasteiger partial charge >= 0.3 is 0 Å². The number of hydrogen-bond acceptors (Lipinski definition) is 4. The van der Waals surface area contributed by atoms with Gasteiger partial charge in [-0.05, 0) is 27.2 Å². The molecular weight excluding hydrogens is 224 g/mol. The summed E-state index contributed by atoms with van der Waals surface area (Å²) in [6.45, 7) is 8.41. The molecule has 0 aromatic heterocycles. The van der Waals surface area contributed by atoms with Crippen molar-refractivity contribution in [3.05, 3.63) is 0 Å². The molecule has 2 unspecified atom stereocenters. The standard InChI is InChI=1S/C11H22N2O2S/c1-9-6-12-11(2,3)8-13(9)10-4-5-16(14,15)7-10/h9-10,12H,4-8H2,1-3H3. The zero-order chi connectivity index (χ0) is 12.0. The molecule has 2 heterocycles. The maximum absolute atomic E-state index is 11.5. The van der Waals surface area contributed by atoms with E-state index in [9.17, 15) is 8.42 Å². The van der Waals surface area contributed by atoms with Crippen molar-refractivity contribution in [1.82, 2.24) is 10.2 Å². The Labute approximate surface area is 98.3 Å². The highest BCUT2D eigenvalue weighted by Crippen LogP contribution is 2.24. The molecule has 2 saturated heterocycles. The van der Waals surface area contributed by atoms with Crippen molar-refractivity contribution < 1.29 is 8.42 Å². The number of sulfone groups is 1. The zero-order valence-corrected chi connectivity index (χ0v) is 11.2. The minimum atomic E-state index is -2.77. The lowest BCUT2D eigenvalue weighted by Crippen LogP contribution is -2.63. The van der Waals surface area contributed by atoms with Gasteiger partial charge in [0.1, 0.15) is 0 Å². The van der Waals surface area contributed by atoms with Crippen molar-refractivity contribution in [3.63, 3.8) is 0 Å². The quantitative estimate of drug-likeness (QED) is 0.720. The normalized spacial score (nSPS) is 38.7. The molecule has 2 rings (SSSR count). The molecule has 2 atom stereocenters. The molecule has 2 aliphatic rings. The van der Waals surface area contributed by atoms with Crippen LogP contribution in [0.4, 0.5) is 0 Å². The molecule has 0 aliphatic carbocycles. The molecule has 0 radical (unpaired) electrons. The third-order valence-corrected chi connectivity index (χ3v) is 5.45. The first-order chi connectivity index (χ1) is 7.29. The van der Waals surface area contributed by atoms with Crippen LogP contribution in [0.3, 0.4) is 0 Å². The van der Waals surface area contributed by atoms with Crippen LogP contribution in [-0.4, -0.2) is 55.5 Å². The van der Waals surface area contributed by atoms with Crippen LogP contribution in [0.1, 0.15) is 27.2 Å². The summed E-state index contributed by atoms with van der Waals surface area (Å²) in [6.07, 6.45) is 0.808. The predicted molar refractivity (Wildman–Crippen MR) is 65.3 cm³/mol. The van der Waals surface area contributed by atoms with Gasteiger partial charge in [0.05, 0.1) is 11.5 Å². The van der Waals surface area contributed by atoms with E-state index in [1.807, 2.05) is 0 Å². The Morgan fingerprint density at radius 2 is 2.06 bits per heavy atom. The van der Waals surface area contributed by atoms with Gasteiger partial charge in [0, 0.05) is 30.7 Å². The van der Waals surface area contributed by atoms with Crippen LogP contribution in [-0.2, 0) is 9.84 Å². The smallest absolute Gasteiger partial charge is 0.151 e. The fraction of sp³-hybridized carbons (Fsp3) is 1.00. The summed E-state index contributed by atoms with van der Waals surface area (Å²) in [5.74, 6) is 0.724. The van der Waals surface area contributed by atoms with Gasteiger partial charge in [-0.1, -0.05) is 0 Å². The molecule has 4 nitrogen and oxygen atoms in total. The van der Waals surface area contributed by atoms with Gasteiger partial charge in [0.2, 0.25) is 0 Å². The van der Waals surface area contributed by atoms with Gasteiger partial charge in [0.25, 0.3) is 0 Å². The molecule has 5 heteroatoms. The summed E-state index contributed by atoms with van der Waals surface area (Å²) in [5, 5.41) is 3.49. The van der Waals surface area contributed by atoms with Gasteiger partial charge in [-0.15, -0.1) is 0 Å². The molecule has 0 spiro atoms. The number of hydrogen-bond donors (Lipinski definition) is 1. The Morgan fingerprint density at radius 3 is 2.62 bits per heavy atom. The van der Waals surface area contributed by atoms with E-state index < -0.39 is 9.84 Å². The molecule has 94 valence electrons. The first-order valence-corrected chi connectivity index (χ1v) is 7.82. The molecular formula is C11H22N2O2S. The summed E-state index contributed by atoms with van der Waals surface area (Å²) in [6, 6.07) is 0.674. The molecule has 0 bridgehead atoms. The number of nitrogens with zero attached hydrogens (tertiary/aromatic N) is 1. The molecule has 0 aromatic rings. The fourth-order valence-corrected chi connectivity index (χ4v) is 4.48. The Bertz CT molecular complexity index is 364. The van der Waals surface area contributed by atoms with Gasteiger partial charge in [-0.2, -0.15) is 0 Å². The molecule has 0 aromatic carbocycles. The lowest BCUT2D eigenvalue weighted by molar-refractivity contribution is 0.0718. The van der Waals surface area contributed by atoms with Crippen LogP contribution < -0.4 is 5.32 Å². The zero-order valence-electron chi connectivity index (χ0n) is 10.4. The van der Waals surface area contributed by atoms with Crippen LogP contribution in [0.25, 0.3) is 0 Å². The average molecular weight is 246 g/mol. The van der Waals surface area contributed by atoms with Crippen LogP contribution in [0.15, 0.2) is 0 Å². The third kappa shape index (κ3) is 2.57. The number of rotatable bonds is 1. The molecule has 0 amide bonds. The fourth-order valence-electron chi connectivity index (χ4n) is 2.74. The van der Waals surface area contributed by atoms with Gasteiger partial charge in [-0.25, -0.2) is 8.42 Å². The second-order valence-electron chi connectivity index (χ2n) is 5.84. The third-order valence-electron chi connectivity index (χ3n) is 3.70. The highest BCUT2D eigenvalue weighted by atomic mass is 32.2. The summed E-state index contributed by atoms with van der Waals surface area (Å²) in [4.78, 5) is 2.38. The van der Waals surface area contributed by atoms with Crippen molar-refractivity contribution in [3.8, 4) is 0 Å². The molecule has 2 aliphatic heterocycles. The van der Waals surface area contributed by atoms with E-state index in [1.54, 1.807) is 0 Å². The van der Waals surface area contributed by atoms with Gasteiger partial charge in [0.15, 0.2) is 9.84 Å². The van der Waals surface area contributed by atoms with E-state index >= 15 is 0 Å². The highest BCUT2D eigenvalue weighted by Gasteiger charge is 2.39. The second-order valence-corrected chi connectivity index (χ2v) is 8.07. The van der Waals surface area contributed by atoms with Crippen LogP contribution in [0.2, 0.25) is 0 Å². The van der Waals surface area contributed by atoms with Crippen molar-refractivity contribution >= 4 is 9.84 Å². The van der Waals surface area contributed by atoms with E-state index in [-0.39, 0.29) is 11.6 Å². The van der Waals surface area contributed by atoms with Crippen LogP contribution in [0, 0.1) is 0 Å². The summed E-state index contributed by atoms with van der Waals surface area (Å²) in [5.41, 5.74) is 0.0961. The average Bonchev–Trinajstić information content (AvgIpc) is 2.50. The number of piperazine rings is 1. The Morgan fingerprint density at radius 1 is 1.38 bits per heavy atom. The van der Waals surface area contributed by atoms with E-state index in [2.05, 4.69) is 31.0 Å². The predicted octanol–water partition coefficient (Wildman–Crippen LogP) is 0.246. The van der Waals surface area contributed by atoms with Crippen LogP contribution in [0.5, 0.6) is 0 Å². The Balaban J connectivity index is 2.08. The maximum Gasteiger partial charge on any atom is 0.151 e. The van der Waals surface area contributed by atoms with E-state index in [1.165, 1.54) is 0 Å². The topological polar surface area (TPSA) is 49.4 Å². The van der Waals surface area contributed by atoms with Crippen molar-refractivity contribution in [2.75, 3.05) is 24.6 Å². The van der Waals surface area contributed by atoms with E-state index in [0.29, 0.717) is 17.5 Å². The van der Waals surface area contributed by atoms with Gasteiger partial charge in [-0.3, -0.25) is 4.90 Å². The Hall–Kier alpha value is -0.130. The second kappa shape index (κ2) is 3.96. The van der Waals surface area contributed by atoms with E-state index in [4.69, 9.17) is 0 Å². The molecule has 2 fully saturated rings. The molecule has 1 N–H and O–H groups in total. The first-order valence-electron chi connectivity index (χ1n) is 6.00. The number of nitrogens with one attached hydrogen (secondary N) is 1. The monoisotopic (exact) mass is 246 g/mol. The summed E-state index contributed by atoms with van der Waals surface area (Å²) >= 11 is 0. The lowest BCUT2D eigenvalue weighted by Gasteiger charge is -2.46. The SMILES string of the molecule is CC1CNC(C)(C)CN1C1CCS(=O)(=O)C1. The van der Waals surface area contributed by atoms with Gasteiger partial charge < -0.3 is 5.32 Å². The molecule has 16 heavy (non-hydrogen) atoms. The Kier molecular flexibility index (Phi) is 3.05. The lowest BCUT2D eigenvalue weighted by atomic mass is 9.97. The van der Waals surface area contributed by atoms with Crippen molar-refractivity contribution in [2.45, 2.75) is 44.8 Å². The summed E-state index contributed by atoms with van der Waals surface area (Å²) in [7, 11) is -2.77. The largest absolute Gasteiger partial charge is 0.309 e. The highest BCUT2D eigenvalue weighted by molar-refractivity contribution is 7.91. The minimum Gasteiger partial charge on any atom is -0.309 e.